The van der Waals surface area contributed by atoms with Gasteiger partial charge in [0.05, 0.1) is 12.3 Å². The van der Waals surface area contributed by atoms with Gasteiger partial charge in [-0.25, -0.2) is 9.67 Å². The predicted molar refractivity (Wildman–Crippen MR) is 91.2 cm³/mol. The Morgan fingerprint density at radius 1 is 1.12 bits per heavy atom. The molecule has 0 aliphatic heterocycles. The summed E-state index contributed by atoms with van der Waals surface area (Å²) < 4.78 is 1.61. The van der Waals surface area contributed by atoms with Crippen LogP contribution in [0.4, 0.5) is 0 Å². The van der Waals surface area contributed by atoms with Gasteiger partial charge in [0.2, 0.25) is 5.82 Å². The molecule has 0 aliphatic carbocycles. The molecule has 24 heavy (non-hydrogen) atoms. The van der Waals surface area contributed by atoms with Crippen molar-refractivity contribution in [1.82, 2.24) is 20.1 Å². The Morgan fingerprint density at radius 3 is 2.50 bits per heavy atom. The Labute approximate surface area is 143 Å². The van der Waals surface area contributed by atoms with Crippen LogP contribution in [-0.4, -0.2) is 38.9 Å². The van der Waals surface area contributed by atoms with Crippen molar-refractivity contribution in [2.24, 2.45) is 0 Å². The van der Waals surface area contributed by atoms with Crippen LogP contribution < -0.4 is 5.32 Å². The molecule has 2 N–H and O–H groups in total. The molecule has 7 heteroatoms. The van der Waals surface area contributed by atoms with Gasteiger partial charge in [0, 0.05) is 17.1 Å². The highest BCUT2D eigenvalue weighted by Gasteiger charge is 2.18. The number of aliphatic hydroxyl groups excluding tert-OH is 1. The molecule has 0 saturated carbocycles. The van der Waals surface area contributed by atoms with E-state index in [0.29, 0.717) is 10.8 Å². The van der Waals surface area contributed by atoms with E-state index in [1.165, 1.54) is 0 Å². The number of aliphatic hydroxyl groups is 1. The number of carbonyl (C=O) groups is 1. The van der Waals surface area contributed by atoms with Crippen molar-refractivity contribution >= 4 is 17.5 Å². The zero-order valence-electron chi connectivity index (χ0n) is 12.7. The zero-order chi connectivity index (χ0) is 16.9. The maximum atomic E-state index is 12.1. The maximum Gasteiger partial charge on any atom is 0.291 e. The lowest BCUT2D eigenvalue weighted by molar-refractivity contribution is 0.0934. The molecular formula is C17H15ClN4O2. The lowest BCUT2D eigenvalue weighted by atomic mass is 10.2. The summed E-state index contributed by atoms with van der Waals surface area (Å²) in [5.74, 6) is 0.137. The lowest BCUT2D eigenvalue weighted by Gasteiger charge is -2.05. The molecule has 122 valence electrons. The first kappa shape index (κ1) is 16.2. The number of amides is 1. The summed E-state index contributed by atoms with van der Waals surface area (Å²) in [6, 6.07) is 16.6. The third-order valence-electron chi connectivity index (χ3n) is 3.31. The first-order chi connectivity index (χ1) is 11.7. The van der Waals surface area contributed by atoms with E-state index < -0.39 is 5.91 Å². The fourth-order valence-electron chi connectivity index (χ4n) is 2.19. The molecule has 6 nitrogen and oxygen atoms in total. The highest BCUT2D eigenvalue weighted by atomic mass is 35.5. The van der Waals surface area contributed by atoms with Gasteiger partial charge < -0.3 is 10.4 Å². The molecule has 0 aliphatic rings. The van der Waals surface area contributed by atoms with E-state index in [-0.39, 0.29) is 19.0 Å². The Bertz CT molecular complexity index is 832. The molecule has 1 amide bonds. The van der Waals surface area contributed by atoms with Gasteiger partial charge >= 0.3 is 0 Å². The number of nitrogens with zero attached hydrogens (tertiary/aromatic N) is 3. The second-order valence-corrected chi connectivity index (χ2v) is 5.43. The van der Waals surface area contributed by atoms with Crippen molar-refractivity contribution in [2.45, 2.75) is 0 Å². The number of halogens is 1. The van der Waals surface area contributed by atoms with E-state index in [4.69, 9.17) is 16.7 Å². The molecule has 0 spiro atoms. The van der Waals surface area contributed by atoms with Crippen molar-refractivity contribution in [3.05, 3.63) is 65.4 Å². The fraction of sp³-hybridized carbons (Fsp3) is 0.118. The van der Waals surface area contributed by atoms with Gasteiger partial charge in [-0.3, -0.25) is 4.79 Å². The average molecular weight is 343 g/mol. The van der Waals surface area contributed by atoms with Gasteiger partial charge in [-0.15, -0.1) is 5.10 Å². The van der Waals surface area contributed by atoms with Crippen molar-refractivity contribution in [3.8, 4) is 17.1 Å². The number of hydrogen-bond acceptors (Lipinski definition) is 4. The van der Waals surface area contributed by atoms with Crippen LogP contribution in [0.25, 0.3) is 17.1 Å². The quantitative estimate of drug-likeness (QED) is 0.745. The van der Waals surface area contributed by atoms with E-state index in [1.807, 2.05) is 42.5 Å². The summed E-state index contributed by atoms with van der Waals surface area (Å²) in [5.41, 5.74) is 1.58. The second-order valence-electron chi connectivity index (χ2n) is 4.99. The highest BCUT2D eigenvalue weighted by Crippen LogP contribution is 2.23. The molecule has 2 aromatic carbocycles. The van der Waals surface area contributed by atoms with Gasteiger partial charge in [0.15, 0.2) is 5.82 Å². The SMILES string of the molecule is O=C(NCCO)c1nc(-c2ccc(Cl)cc2)n(-c2ccccc2)n1. The van der Waals surface area contributed by atoms with Gasteiger partial charge in [-0.05, 0) is 36.4 Å². The van der Waals surface area contributed by atoms with Gasteiger partial charge in [-0.2, -0.15) is 0 Å². The minimum atomic E-state index is -0.436. The number of benzene rings is 2. The first-order valence-electron chi connectivity index (χ1n) is 7.36. The van der Waals surface area contributed by atoms with E-state index in [1.54, 1.807) is 16.8 Å². The Kier molecular flexibility index (Phi) is 4.88. The van der Waals surface area contributed by atoms with Gasteiger partial charge in [0.25, 0.3) is 5.91 Å². The van der Waals surface area contributed by atoms with Crippen molar-refractivity contribution in [1.29, 1.82) is 0 Å². The Balaban J connectivity index is 2.06. The first-order valence-corrected chi connectivity index (χ1v) is 7.74. The number of carbonyl (C=O) groups excluding carboxylic acids is 1. The molecule has 0 unspecified atom stereocenters. The largest absolute Gasteiger partial charge is 0.395 e. The Morgan fingerprint density at radius 2 is 1.83 bits per heavy atom. The number of hydrogen-bond donors (Lipinski definition) is 2. The summed E-state index contributed by atoms with van der Waals surface area (Å²) in [7, 11) is 0. The molecule has 0 atom stereocenters. The fourth-order valence-corrected chi connectivity index (χ4v) is 2.32. The minimum absolute atomic E-state index is 0.0391. The van der Waals surface area contributed by atoms with Crippen molar-refractivity contribution in [2.75, 3.05) is 13.2 Å². The third kappa shape index (κ3) is 3.45. The van der Waals surface area contributed by atoms with Crippen molar-refractivity contribution < 1.29 is 9.90 Å². The van der Waals surface area contributed by atoms with Crippen LogP contribution in [-0.2, 0) is 0 Å². The van der Waals surface area contributed by atoms with Crippen LogP contribution >= 0.6 is 11.6 Å². The smallest absolute Gasteiger partial charge is 0.291 e. The van der Waals surface area contributed by atoms with E-state index in [0.717, 1.165) is 11.3 Å². The van der Waals surface area contributed by atoms with Crippen molar-refractivity contribution in [3.63, 3.8) is 0 Å². The normalized spacial score (nSPS) is 10.6. The number of rotatable bonds is 5. The van der Waals surface area contributed by atoms with Gasteiger partial charge in [0.1, 0.15) is 0 Å². The Hall–Kier alpha value is -2.70. The summed E-state index contributed by atoms with van der Waals surface area (Å²) in [5, 5.41) is 16.3. The molecule has 0 radical (unpaired) electrons. The molecular weight excluding hydrogens is 328 g/mol. The van der Waals surface area contributed by atoms with Crippen LogP contribution in [0.2, 0.25) is 5.02 Å². The number of aromatic nitrogens is 3. The molecule has 0 saturated heterocycles. The highest BCUT2D eigenvalue weighted by molar-refractivity contribution is 6.30. The monoisotopic (exact) mass is 342 g/mol. The summed E-state index contributed by atoms with van der Waals surface area (Å²) in [6.45, 7) is 0.00413. The zero-order valence-corrected chi connectivity index (χ0v) is 13.4. The van der Waals surface area contributed by atoms with E-state index in [9.17, 15) is 4.79 Å². The molecule has 0 bridgehead atoms. The lowest BCUT2D eigenvalue weighted by Crippen LogP contribution is -2.27. The van der Waals surface area contributed by atoms with Crippen LogP contribution in [0.1, 0.15) is 10.6 Å². The second kappa shape index (κ2) is 7.25. The summed E-state index contributed by atoms with van der Waals surface area (Å²) >= 11 is 5.94. The molecule has 3 rings (SSSR count). The molecule has 0 fully saturated rings. The van der Waals surface area contributed by atoms with E-state index in [2.05, 4.69) is 15.4 Å². The predicted octanol–water partition coefficient (Wildman–Crippen LogP) is 2.31. The standard InChI is InChI=1S/C17H15ClN4O2/c18-13-8-6-12(7-9-13)16-20-15(17(24)19-10-11-23)21-22(16)14-4-2-1-3-5-14/h1-9,23H,10-11H2,(H,19,24). The molecule has 3 aromatic rings. The number of para-hydroxylation sites is 1. The molecule has 1 heterocycles. The topological polar surface area (TPSA) is 80.0 Å². The minimum Gasteiger partial charge on any atom is -0.395 e. The van der Waals surface area contributed by atoms with Crippen LogP contribution in [0.5, 0.6) is 0 Å². The summed E-state index contributed by atoms with van der Waals surface area (Å²) in [6.07, 6.45) is 0. The number of nitrogens with one attached hydrogen (secondary N) is 1. The summed E-state index contributed by atoms with van der Waals surface area (Å²) in [4.78, 5) is 16.5. The average Bonchev–Trinajstić information content (AvgIpc) is 3.06. The van der Waals surface area contributed by atoms with Crippen LogP contribution in [0.3, 0.4) is 0 Å². The van der Waals surface area contributed by atoms with Crippen LogP contribution in [0.15, 0.2) is 54.6 Å². The maximum absolute atomic E-state index is 12.1. The van der Waals surface area contributed by atoms with Gasteiger partial charge in [-0.1, -0.05) is 29.8 Å². The van der Waals surface area contributed by atoms with Crippen LogP contribution in [0, 0.1) is 0 Å². The third-order valence-corrected chi connectivity index (χ3v) is 3.56. The van der Waals surface area contributed by atoms with E-state index >= 15 is 0 Å². The molecule has 1 aromatic heterocycles.